The summed E-state index contributed by atoms with van der Waals surface area (Å²) in [6.07, 6.45) is -1.06. The number of nitrogens with zero attached hydrogens (tertiary/aromatic N) is 2. The molecule has 0 spiro atoms. The number of aromatic nitrogens is 2. The summed E-state index contributed by atoms with van der Waals surface area (Å²) in [5.41, 5.74) is -0.609. The zero-order chi connectivity index (χ0) is 20.4. The monoisotopic (exact) mass is 416 g/mol. The van der Waals surface area contributed by atoms with Gasteiger partial charge in [-0.2, -0.15) is 18.2 Å². The highest BCUT2D eigenvalue weighted by atomic mass is 32.2. The number of sulfonamides is 1. The first-order valence-electron chi connectivity index (χ1n) is 8.60. The summed E-state index contributed by atoms with van der Waals surface area (Å²) < 4.78 is 70.8. The van der Waals surface area contributed by atoms with Crippen LogP contribution in [0.4, 0.5) is 24.8 Å². The molecule has 0 radical (unpaired) electrons. The van der Waals surface area contributed by atoms with Gasteiger partial charge < -0.3 is 10.1 Å². The number of anilines is 2. The predicted molar refractivity (Wildman–Crippen MR) is 95.9 cm³/mol. The molecule has 1 aliphatic carbocycles. The summed E-state index contributed by atoms with van der Waals surface area (Å²) in [7, 11) is -2.29. The van der Waals surface area contributed by atoms with Crippen molar-refractivity contribution in [2.75, 3.05) is 12.4 Å². The molecule has 1 heterocycles. The van der Waals surface area contributed by atoms with E-state index in [4.69, 9.17) is 4.74 Å². The third-order valence-electron chi connectivity index (χ3n) is 4.33. The normalized spacial score (nSPS) is 15.6. The molecule has 0 bridgehead atoms. The third-order valence-corrected chi connectivity index (χ3v) is 5.76. The van der Waals surface area contributed by atoms with Crippen molar-refractivity contribution in [3.05, 3.63) is 36.0 Å². The van der Waals surface area contributed by atoms with Gasteiger partial charge in [0.1, 0.15) is 11.7 Å². The lowest BCUT2D eigenvalue weighted by molar-refractivity contribution is -0.139. The molecule has 1 fully saturated rings. The van der Waals surface area contributed by atoms with Crippen molar-refractivity contribution >= 4 is 21.7 Å². The van der Waals surface area contributed by atoms with Gasteiger partial charge in [0, 0.05) is 11.9 Å². The van der Waals surface area contributed by atoms with Crippen LogP contribution in [0.5, 0.6) is 5.88 Å². The number of ether oxygens (including phenoxy) is 1. The zero-order valence-corrected chi connectivity index (χ0v) is 15.8. The Labute approximate surface area is 160 Å². The van der Waals surface area contributed by atoms with Crippen molar-refractivity contribution in [2.45, 2.75) is 42.9 Å². The summed E-state index contributed by atoms with van der Waals surface area (Å²) in [5.74, 6) is -0.587. The first-order chi connectivity index (χ1) is 13.2. The number of benzene rings is 1. The number of nitrogens with one attached hydrogen (secondary N) is 2. The Hall–Kier alpha value is -2.40. The number of halogens is 3. The van der Waals surface area contributed by atoms with Gasteiger partial charge in [0.2, 0.25) is 21.9 Å². The van der Waals surface area contributed by atoms with Crippen molar-refractivity contribution in [1.82, 2.24) is 14.7 Å². The molecule has 1 saturated carbocycles. The molecule has 0 saturated heterocycles. The molecule has 0 atom stereocenters. The zero-order valence-electron chi connectivity index (χ0n) is 15.0. The minimum absolute atomic E-state index is 0.0548. The summed E-state index contributed by atoms with van der Waals surface area (Å²) in [6, 6.07) is 5.63. The van der Waals surface area contributed by atoms with Gasteiger partial charge in [-0.05, 0) is 57.0 Å². The second-order valence-electron chi connectivity index (χ2n) is 6.29. The second-order valence-corrected chi connectivity index (χ2v) is 8.18. The van der Waals surface area contributed by atoms with Crippen LogP contribution >= 0.6 is 0 Å². The Morgan fingerprint density at radius 3 is 2.36 bits per heavy atom. The fraction of sp³-hybridized carbons (Fsp3) is 0.412. The van der Waals surface area contributed by atoms with Crippen LogP contribution in [0, 0.1) is 0 Å². The van der Waals surface area contributed by atoms with Crippen LogP contribution in [0.2, 0.25) is 0 Å². The van der Waals surface area contributed by atoms with Gasteiger partial charge >= 0.3 is 6.18 Å². The number of alkyl halides is 3. The smallest absolute Gasteiger partial charge is 0.423 e. The molecule has 0 unspecified atom stereocenters. The Morgan fingerprint density at radius 1 is 1.14 bits per heavy atom. The van der Waals surface area contributed by atoms with Gasteiger partial charge in [-0.25, -0.2) is 18.1 Å². The molecule has 7 nitrogen and oxygen atoms in total. The molecule has 2 aromatic rings. The van der Waals surface area contributed by atoms with Gasteiger partial charge in [-0.3, -0.25) is 0 Å². The third kappa shape index (κ3) is 4.71. The maximum atomic E-state index is 13.2. The van der Waals surface area contributed by atoms with Crippen molar-refractivity contribution in [1.29, 1.82) is 0 Å². The average molecular weight is 416 g/mol. The molecule has 0 amide bonds. The molecule has 2 N–H and O–H groups in total. The molecule has 1 aliphatic rings. The lowest BCUT2D eigenvalue weighted by Crippen LogP contribution is -2.18. The van der Waals surface area contributed by atoms with Crippen molar-refractivity contribution in [2.24, 2.45) is 0 Å². The van der Waals surface area contributed by atoms with Crippen molar-refractivity contribution in [3.63, 3.8) is 0 Å². The minimum Gasteiger partial charge on any atom is -0.474 e. The van der Waals surface area contributed by atoms with E-state index in [1.807, 2.05) is 0 Å². The van der Waals surface area contributed by atoms with Crippen molar-refractivity contribution in [3.8, 4) is 5.88 Å². The van der Waals surface area contributed by atoms with E-state index in [0.717, 1.165) is 12.8 Å². The molecule has 1 aromatic heterocycles. The molecule has 152 valence electrons. The van der Waals surface area contributed by atoms with Gasteiger partial charge in [-0.15, -0.1) is 0 Å². The van der Waals surface area contributed by atoms with Gasteiger partial charge in [-0.1, -0.05) is 0 Å². The second kappa shape index (κ2) is 7.92. The summed E-state index contributed by atoms with van der Waals surface area (Å²) in [6.45, 7) is 0. The number of rotatable bonds is 6. The molecule has 28 heavy (non-hydrogen) atoms. The van der Waals surface area contributed by atoms with E-state index in [1.165, 1.54) is 31.3 Å². The van der Waals surface area contributed by atoms with Crippen LogP contribution in [0.25, 0.3) is 0 Å². The standard InChI is InChI=1S/C17H19F3N4O3S/c1-21-28(25,26)13-8-6-11(7-9-13)23-16-22-10-14(17(18,19)20)15(24-16)27-12-4-2-3-5-12/h6-10,12,21H,2-5H2,1H3,(H,22,23,24). The number of hydrogen-bond donors (Lipinski definition) is 2. The fourth-order valence-corrected chi connectivity index (χ4v) is 3.57. The van der Waals surface area contributed by atoms with E-state index in [9.17, 15) is 21.6 Å². The van der Waals surface area contributed by atoms with Crippen LogP contribution < -0.4 is 14.8 Å². The molecule has 0 aliphatic heterocycles. The van der Waals surface area contributed by atoms with Crippen LogP contribution in [0.15, 0.2) is 35.4 Å². The fourth-order valence-electron chi connectivity index (χ4n) is 2.84. The van der Waals surface area contributed by atoms with E-state index < -0.39 is 27.6 Å². The Morgan fingerprint density at radius 2 is 1.79 bits per heavy atom. The highest BCUT2D eigenvalue weighted by molar-refractivity contribution is 7.89. The molecular weight excluding hydrogens is 397 g/mol. The maximum absolute atomic E-state index is 13.2. The molecule has 3 rings (SSSR count). The maximum Gasteiger partial charge on any atom is 0.423 e. The minimum atomic E-state index is -4.63. The van der Waals surface area contributed by atoms with E-state index in [1.54, 1.807) is 0 Å². The van der Waals surface area contributed by atoms with E-state index in [2.05, 4.69) is 20.0 Å². The Balaban J connectivity index is 1.84. The topological polar surface area (TPSA) is 93.2 Å². The van der Waals surface area contributed by atoms with Gasteiger partial charge in [0.25, 0.3) is 0 Å². The SMILES string of the molecule is CNS(=O)(=O)c1ccc(Nc2ncc(C(F)(F)F)c(OC3CCCC3)n2)cc1. The Bertz CT molecular complexity index is 928. The average Bonchev–Trinajstić information content (AvgIpc) is 3.14. The summed E-state index contributed by atoms with van der Waals surface area (Å²) in [5, 5.41) is 2.76. The Kier molecular flexibility index (Phi) is 5.75. The van der Waals surface area contributed by atoms with Crippen LogP contribution in [0.3, 0.4) is 0 Å². The van der Waals surface area contributed by atoms with Gasteiger partial charge in [0.05, 0.1) is 4.90 Å². The molecule has 11 heteroatoms. The molecular formula is C17H19F3N4O3S. The number of hydrogen-bond acceptors (Lipinski definition) is 6. The van der Waals surface area contributed by atoms with E-state index >= 15 is 0 Å². The quantitative estimate of drug-likeness (QED) is 0.749. The lowest BCUT2D eigenvalue weighted by atomic mass is 10.3. The first kappa shape index (κ1) is 20.3. The summed E-state index contributed by atoms with van der Waals surface area (Å²) in [4.78, 5) is 7.66. The lowest BCUT2D eigenvalue weighted by Gasteiger charge is -2.17. The molecule has 1 aromatic carbocycles. The van der Waals surface area contributed by atoms with Crippen molar-refractivity contribution < 1.29 is 26.3 Å². The van der Waals surface area contributed by atoms with Crippen LogP contribution in [-0.4, -0.2) is 31.5 Å². The first-order valence-corrected chi connectivity index (χ1v) is 10.1. The predicted octanol–water partition coefficient (Wildman–Crippen LogP) is 3.47. The largest absolute Gasteiger partial charge is 0.474 e. The summed E-state index contributed by atoms with van der Waals surface area (Å²) >= 11 is 0. The van der Waals surface area contributed by atoms with E-state index in [0.29, 0.717) is 24.7 Å². The van der Waals surface area contributed by atoms with Crippen LogP contribution in [-0.2, 0) is 16.2 Å². The van der Waals surface area contributed by atoms with Crippen LogP contribution in [0.1, 0.15) is 31.2 Å². The van der Waals surface area contributed by atoms with Gasteiger partial charge in [0.15, 0.2) is 0 Å². The van der Waals surface area contributed by atoms with E-state index in [-0.39, 0.29) is 16.9 Å². The highest BCUT2D eigenvalue weighted by Crippen LogP contribution is 2.37. The highest BCUT2D eigenvalue weighted by Gasteiger charge is 2.37.